The maximum absolute atomic E-state index is 12.9. The third-order valence-corrected chi connectivity index (χ3v) is 5.98. The summed E-state index contributed by atoms with van der Waals surface area (Å²) in [5.74, 6) is 1.24. The smallest absolute Gasteiger partial charge is 0.228 e. The molecule has 2 atom stereocenters. The van der Waals surface area contributed by atoms with Gasteiger partial charge >= 0.3 is 0 Å². The Morgan fingerprint density at radius 1 is 1.30 bits per heavy atom. The first-order valence-corrected chi connectivity index (χ1v) is 9.45. The highest BCUT2D eigenvalue weighted by Crippen LogP contribution is 2.41. The van der Waals surface area contributed by atoms with E-state index in [0.717, 1.165) is 38.9 Å². The molecule has 2 aliphatic rings. The Bertz CT molecular complexity index is 582. The van der Waals surface area contributed by atoms with Crippen LogP contribution in [-0.2, 0) is 16.1 Å². The second-order valence-corrected chi connectivity index (χ2v) is 8.10. The summed E-state index contributed by atoms with van der Waals surface area (Å²) in [6, 6.07) is 4.36. The van der Waals surface area contributed by atoms with Gasteiger partial charge in [0, 0.05) is 45.2 Å². The van der Waals surface area contributed by atoms with Crippen LogP contribution in [0.2, 0.25) is 0 Å². The van der Waals surface area contributed by atoms with E-state index in [-0.39, 0.29) is 42.2 Å². The second-order valence-electron chi connectivity index (χ2n) is 8.10. The minimum absolute atomic E-state index is 0. The molecule has 154 valence electrons. The van der Waals surface area contributed by atoms with Crippen LogP contribution in [0.4, 0.5) is 0 Å². The number of pyridine rings is 1. The number of carbonyl (C=O) groups excluding carboxylic acids is 1. The van der Waals surface area contributed by atoms with E-state index in [2.05, 4.69) is 41.2 Å². The van der Waals surface area contributed by atoms with Gasteiger partial charge in [-0.05, 0) is 42.4 Å². The number of ether oxygens (including phenoxy) is 1. The highest BCUT2D eigenvalue weighted by molar-refractivity contribution is 5.85. The van der Waals surface area contributed by atoms with E-state index >= 15 is 0 Å². The molecule has 5 nitrogen and oxygen atoms in total. The van der Waals surface area contributed by atoms with Crippen LogP contribution in [0.25, 0.3) is 0 Å². The highest BCUT2D eigenvalue weighted by Gasteiger charge is 2.46. The SMILES string of the molecule is COCC1(C(=O)N[C@H]2CN(Cc3ccncc3)C[C@@H]2C(C)C)CCC1.Cl.Cl. The molecule has 1 amide bonds. The topological polar surface area (TPSA) is 54.5 Å². The number of hydrogen-bond donors (Lipinski definition) is 1. The Morgan fingerprint density at radius 2 is 1.96 bits per heavy atom. The van der Waals surface area contributed by atoms with Crippen LogP contribution in [0.1, 0.15) is 38.7 Å². The number of methoxy groups -OCH3 is 1. The first-order chi connectivity index (χ1) is 12.0. The van der Waals surface area contributed by atoms with Gasteiger partial charge in [-0.15, -0.1) is 24.8 Å². The Labute approximate surface area is 175 Å². The van der Waals surface area contributed by atoms with Gasteiger partial charge in [0.25, 0.3) is 0 Å². The maximum Gasteiger partial charge on any atom is 0.228 e. The third-order valence-electron chi connectivity index (χ3n) is 5.98. The van der Waals surface area contributed by atoms with Crippen molar-refractivity contribution in [3.8, 4) is 0 Å². The average molecular weight is 418 g/mol. The van der Waals surface area contributed by atoms with Crippen LogP contribution < -0.4 is 5.32 Å². The van der Waals surface area contributed by atoms with Crippen LogP contribution in [0, 0.1) is 17.3 Å². The van der Waals surface area contributed by atoms with Gasteiger partial charge < -0.3 is 10.1 Å². The molecule has 1 saturated carbocycles. The summed E-state index contributed by atoms with van der Waals surface area (Å²) >= 11 is 0. The lowest BCUT2D eigenvalue weighted by atomic mass is 9.68. The molecule has 0 radical (unpaired) electrons. The van der Waals surface area contributed by atoms with E-state index in [0.29, 0.717) is 18.4 Å². The van der Waals surface area contributed by atoms with Gasteiger partial charge in [-0.2, -0.15) is 0 Å². The Hall–Kier alpha value is -0.880. The van der Waals surface area contributed by atoms with E-state index in [1.54, 1.807) is 7.11 Å². The van der Waals surface area contributed by atoms with Crippen molar-refractivity contribution in [3.63, 3.8) is 0 Å². The van der Waals surface area contributed by atoms with Gasteiger partial charge in [0.2, 0.25) is 5.91 Å². The molecule has 2 fully saturated rings. The summed E-state index contributed by atoms with van der Waals surface area (Å²) < 4.78 is 5.33. The van der Waals surface area contributed by atoms with E-state index in [1.807, 2.05) is 12.4 Å². The van der Waals surface area contributed by atoms with Crippen LogP contribution in [0.15, 0.2) is 24.5 Å². The lowest BCUT2D eigenvalue weighted by Gasteiger charge is -2.40. The quantitative estimate of drug-likeness (QED) is 0.738. The van der Waals surface area contributed by atoms with E-state index < -0.39 is 0 Å². The molecule has 0 aromatic carbocycles. The highest BCUT2D eigenvalue weighted by atomic mass is 35.5. The fourth-order valence-electron chi connectivity index (χ4n) is 4.26. The number of hydrogen-bond acceptors (Lipinski definition) is 4. The molecule has 1 saturated heterocycles. The number of aromatic nitrogens is 1. The number of nitrogens with zero attached hydrogens (tertiary/aromatic N) is 2. The van der Waals surface area contributed by atoms with Crippen molar-refractivity contribution in [2.24, 2.45) is 17.3 Å². The molecule has 3 rings (SSSR count). The van der Waals surface area contributed by atoms with Crippen molar-refractivity contribution >= 4 is 30.7 Å². The minimum atomic E-state index is -0.283. The van der Waals surface area contributed by atoms with Crippen molar-refractivity contribution in [2.45, 2.75) is 45.7 Å². The van der Waals surface area contributed by atoms with Crippen LogP contribution in [0.5, 0.6) is 0 Å². The standard InChI is InChI=1S/C20H31N3O2.2ClH/c1-15(2)17-12-23(11-16-5-9-21-10-6-16)13-18(17)22-19(24)20(14-25-3)7-4-8-20;;/h5-6,9-10,15,17-18H,4,7-8,11-14H2,1-3H3,(H,22,24);2*1H/t17-,18+;;/m1../s1. The summed E-state index contributed by atoms with van der Waals surface area (Å²) in [6.07, 6.45) is 6.72. The molecular formula is C20H33Cl2N3O2. The van der Waals surface area contributed by atoms with Gasteiger partial charge in [0.1, 0.15) is 0 Å². The molecule has 27 heavy (non-hydrogen) atoms. The number of rotatable bonds is 7. The van der Waals surface area contributed by atoms with Gasteiger partial charge in [-0.3, -0.25) is 14.7 Å². The van der Waals surface area contributed by atoms with Crippen LogP contribution in [0.3, 0.4) is 0 Å². The molecule has 1 N–H and O–H groups in total. The molecule has 1 aliphatic heterocycles. The molecule has 0 bridgehead atoms. The van der Waals surface area contributed by atoms with Crippen molar-refractivity contribution in [2.75, 3.05) is 26.8 Å². The molecule has 0 unspecified atom stereocenters. The van der Waals surface area contributed by atoms with E-state index in [1.165, 1.54) is 5.56 Å². The largest absolute Gasteiger partial charge is 0.384 e. The first-order valence-electron chi connectivity index (χ1n) is 9.45. The van der Waals surface area contributed by atoms with Crippen molar-refractivity contribution in [1.29, 1.82) is 0 Å². The number of carbonyl (C=O) groups is 1. The fraction of sp³-hybridized carbons (Fsp3) is 0.700. The normalized spacial score (nSPS) is 23.9. The predicted molar refractivity (Wildman–Crippen MR) is 112 cm³/mol. The Kier molecular flexibility index (Phi) is 9.49. The zero-order valence-corrected chi connectivity index (χ0v) is 18.2. The Morgan fingerprint density at radius 3 is 2.48 bits per heavy atom. The molecule has 0 spiro atoms. The van der Waals surface area contributed by atoms with E-state index in [4.69, 9.17) is 4.74 Å². The number of halogens is 2. The lowest BCUT2D eigenvalue weighted by Crippen LogP contribution is -2.53. The molecule has 2 heterocycles. The van der Waals surface area contributed by atoms with Crippen LogP contribution >= 0.6 is 24.8 Å². The van der Waals surface area contributed by atoms with Gasteiger partial charge in [-0.25, -0.2) is 0 Å². The molecule has 7 heteroatoms. The first kappa shape index (κ1) is 24.2. The Balaban J connectivity index is 0.00000182. The second kappa shape index (κ2) is 10.6. The van der Waals surface area contributed by atoms with Crippen LogP contribution in [-0.4, -0.2) is 48.6 Å². The minimum Gasteiger partial charge on any atom is -0.384 e. The molecular weight excluding hydrogens is 385 g/mol. The molecule has 1 aromatic rings. The fourth-order valence-corrected chi connectivity index (χ4v) is 4.26. The zero-order valence-electron chi connectivity index (χ0n) is 16.5. The number of amides is 1. The molecule has 1 aliphatic carbocycles. The van der Waals surface area contributed by atoms with Gasteiger partial charge in [-0.1, -0.05) is 20.3 Å². The zero-order chi connectivity index (χ0) is 17.9. The predicted octanol–water partition coefficient (Wildman–Crippen LogP) is 3.31. The summed E-state index contributed by atoms with van der Waals surface area (Å²) in [6.45, 7) is 7.92. The summed E-state index contributed by atoms with van der Waals surface area (Å²) in [7, 11) is 1.69. The van der Waals surface area contributed by atoms with Crippen molar-refractivity contribution in [1.82, 2.24) is 15.2 Å². The number of likely N-dealkylation sites (tertiary alicyclic amines) is 1. The van der Waals surface area contributed by atoms with Crippen molar-refractivity contribution in [3.05, 3.63) is 30.1 Å². The van der Waals surface area contributed by atoms with E-state index in [9.17, 15) is 4.79 Å². The van der Waals surface area contributed by atoms with Crippen molar-refractivity contribution < 1.29 is 9.53 Å². The summed E-state index contributed by atoms with van der Waals surface area (Å²) in [5.41, 5.74) is 0.994. The lowest BCUT2D eigenvalue weighted by molar-refractivity contribution is -0.141. The van der Waals surface area contributed by atoms with Gasteiger partial charge in [0.15, 0.2) is 0 Å². The average Bonchev–Trinajstić information content (AvgIpc) is 2.94. The summed E-state index contributed by atoms with van der Waals surface area (Å²) in [5, 5.41) is 3.38. The maximum atomic E-state index is 12.9. The summed E-state index contributed by atoms with van der Waals surface area (Å²) in [4.78, 5) is 19.5. The van der Waals surface area contributed by atoms with Gasteiger partial charge in [0.05, 0.1) is 12.0 Å². The molecule has 1 aromatic heterocycles. The number of nitrogens with one attached hydrogen (secondary N) is 1. The third kappa shape index (κ3) is 5.57. The monoisotopic (exact) mass is 417 g/mol.